The van der Waals surface area contributed by atoms with Crippen molar-refractivity contribution in [3.05, 3.63) is 11.6 Å². The number of hydrogen-bond acceptors (Lipinski definition) is 2. The number of alkyl halides is 3. The van der Waals surface area contributed by atoms with E-state index in [1.165, 1.54) is 6.08 Å². The second-order valence-corrected chi connectivity index (χ2v) is 3.73. The summed E-state index contributed by atoms with van der Waals surface area (Å²) in [5, 5.41) is 3.02. The Kier molecular flexibility index (Phi) is 4.60. The molecule has 0 fully saturated rings. The molecule has 0 atom stereocenters. The van der Waals surface area contributed by atoms with Crippen molar-refractivity contribution < 1.29 is 13.2 Å². The number of hydrogen-bond donors (Lipinski definition) is 1. The third-order valence-corrected chi connectivity index (χ3v) is 2.56. The molecule has 0 aromatic carbocycles. The predicted octanol–water partition coefficient (Wildman–Crippen LogP) is 1.79. The maximum Gasteiger partial charge on any atom is 0.412 e. The molecule has 0 aromatic heterocycles. The van der Waals surface area contributed by atoms with Crippen molar-refractivity contribution >= 4 is 0 Å². The van der Waals surface area contributed by atoms with Crippen LogP contribution in [-0.2, 0) is 0 Å². The van der Waals surface area contributed by atoms with Crippen LogP contribution in [0.3, 0.4) is 0 Å². The third-order valence-electron chi connectivity index (χ3n) is 2.56. The second kappa shape index (κ2) is 5.51. The van der Waals surface area contributed by atoms with E-state index in [1.54, 1.807) is 0 Å². The van der Waals surface area contributed by atoms with Crippen molar-refractivity contribution in [2.24, 2.45) is 0 Å². The van der Waals surface area contributed by atoms with Gasteiger partial charge in [-0.25, -0.2) is 0 Å². The summed E-state index contributed by atoms with van der Waals surface area (Å²) in [6.07, 6.45) is -1.71. The fourth-order valence-corrected chi connectivity index (χ4v) is 1.65. The van der Waals surface area contributed by atoms with Crippen molar-refractivity contribution in [1.29, 1.82) is 0 Å². The first kappa shape index (κ1) is 12.5. The molecule has 0 unspecified atom stereocenters. The van der Waals surface area contributed by atoms with Gasteiger partial charge in [0.2, 0.25) is 0 Å². The van der Waals surface area contributed by atoms with Crippen molar-refractivity contribution in [2.75, 3.05) is 33.2 Å². The summed E-state index contributed by atoms with van der Waals surface area (Å²) in [5.74, 6) is 0. The van der Waals surface area contributed by atoms with Crippen LogP contribution in [0, 0.1) is 0 Å². The van der Waals surface area contributed by atoms with E-state index in [0.717, 1.165) is 19.5 Å². The zero-order valence-electron chi connectivity index (χ0n) is 8.90. The van der Waals surface area contributed by atoms with Gasteiger partial charge >= 0.3 is 6.18 Å². The van der Waals surface area contributed by atoms with Crippen molar-refractivity contribution in [3.63, 3.8) is 0 Å². The molecule has 0 spiro atoms. The van der Waals surface area contributed by atoms with Gasteiger partial charge in [0.1, 0.15) is 0 Å². The highest BCUT2D eigenvalue weighted by atomic mass is 19.4. The van der Waals surface area contributed by atoms with E-state index in [2.05, 4.69) is 5.32 Å². The van der Waals surface area contributed by atoms with Gasteiger partial charge in [0, 0.05) is 18.7 Å². The first-order chi connectivity index (χ1) is 7.04. The largest absolute Gasteiger partial charge is 0.412 e. The molecule has 2 nitrogen and oxygen atoms in total. The molecule has 0 amide bonds. The van der Waals surface area contributed by atoms with E-state index in [4.69, 9.17) is 0 Å². The standard InChI is InChI=1S/C10H17F3N2/c1-14-5-2-6-15-7-3-9(4-8-15)10(11,12)13/h3,14H,2,4-8H2,1H3. The van der Waals surface area contributed by atoms with E-state index in [9.17, 15) is 13.2 Å². The molecule has 0 bridgehead atoms. The van der Waals surface area contributed by atoms with E-state index >= 15 is 0 Å². The Morgan fingerprint density at radius 2 is 2.20 bits per heavy atom. The maximum absolute atomic E-state index is 12.3. The average Bonchev–Trinajstić information content (AvgIpc) is 2.18. The Bertz CT molecular complexity index is 223. The lowest BCUT2D eigenvalue weighted by atomic mass is 10.1. The minimum absolute atomic E-state index is 0.128. The molecule has 1 rings (SSSR count). The molecule has 1 N–H and O–H groups in total. The van der Waals surface area contributed by atoms with Crippen molar-refractivity contribution in [3.8, 4) is 0 Å². The molecule has 88 valence electrons. The Hall–Kier alpha value is -0.550. The summed E-state index contributed by atoms with van der Waals surface area (Å²) in [4.78, 5) is 2.05. The molecule has 5 heteroatoms. The molecule has 1 heterocycles. The maximum atomic E-state index is 12.3. The van der Waals surface area contributed by atoms with Crippen LogP contribution in [0.4, 0.5) is 13.2 Å². The molecule has 15 heavy (non-hydrogen) atoms. The van der Waals surface area contributed by atoms with Gasteiger partial charge in [0.25, 0.3) is 0 Å². The number of nitrogens with one attached hydrogen (secondary N) is 1. The van der Waals surface area contributed by atoms with E-state index in [-0.39, 0.29) is 12.0 Å². The lowest BCUT2D eigenvalue weighted by molar-refractivity contribution is -0.0960. The first-order valence-corrected chi connectivity index (χ1v) is 5.17. The summed E-state index contributed by atoms with van der Waals surface area (Å²) < 4.78 is 36.8. The van der Waals surface area contributed by atoms with E-state index < -0.39 is 6.18 Å². The summed E-state index contributed by atoms with van der Waals surface area (Å²) in [6, 6.07) is 0. The first-order valence-electron chi connectivity index (χ1n) is 5.17. The van der Waals surface area contributed by atoms with Crippen LogP contribution in [0.25, 0.3) is 0 Å². The minimum Gasteiger partial charge on any atom is -0.320 e. The Balaban J connectivity index is 2.31. The Morgan fingerprint density at radius 3 is 2.67 bits per heavy atom. The van der Waals surface area contributed by atoms with Crippen LogP contribution >= 0.6 is 0 Å². The molecule has 0 aliphatic carbocycles. The molecule has 0 saturated carbocycles. The number of halogens is 3. The van der Waals surface area contributed by atoms with Crippen LogP contribution in [0.1, 0.15) is 12.8 Å². The monoisotopic (exact) mass is 222 g/mol. The third kappa shape index (κ3) is 4.22. The summed E-state index contributed by atoms with van der Waals surface area (Å²) >= 11 is 0. The Labute approximate surface area is 88.1 Å². The van der Waals surface area contributed by atoms with Gasteiger partial charge in [0.15, 0.2) is 0 Å². The average molecular weight is 222 g/mol. The Morgan fingerprint density at radius 1 is 1.47 bits per heavy atom. The fourth-order valence-electron chi connectivity index (χ4n) is 1.65. The quantitative estimate of drug-likeness (QED) is 0.576. The van der Waals surface area contributed by atoms with E-state index in [1.807, 2.05) is 11.9 Å². The van der Waals surface area contributed by atoms with Crippen LogP contribution < -0.4 is 5.32 Å². The van der Waals surface area contributed by atoms with Gasteiger partial charge in [-0.1, -0.05) is 6.08 Å². The predicted molar refractivity (Wildman–Crippen MR) is 53.7 cm³/mol. The summed E-state index contributed by atoms with van der Waals surface area (Å²) in [7, 11) is 1.87. The topological polar surface area (TPSA) is 15.3 Å². The molecule has 0 saturated heterocycles. The minimum atomic E-state index is -4.13. The van der Waals surface area contributed by atoms with Crippen molar-refractivity contribution in [2.45, 2.75) is 19.0 Å². The van der Waals surface area contributed by atoms with Crippen LogP contribution in [0.2, 0.25) is 0 Å². The number of nitrogens with zero attached hydrogens (tertiary/aromatic N) is 1. The highest BCUT2D eigenvalue weighted by Gasteiger charge is 2.34. The molecule has 1 aliphatic rings. The summed E-state index contributed by atoms with van der Waals surface area (Å²) in [5.41, 5.74) is -0.368. The SMILES string of the molecule is CNCCCN1CC=C(C(F)(F)F)CC1. The van der Waals surface area contributed by atoms with Gasteiger partial charge in [-0.2, -0.15) is 13.2 Å². The van der Waals surface area contributed by atoms with Gasteiger partial charge in [-0.15, -0.1) is 0 Å². The second-order valence-electron chi connectivity index (χ2n) is 3.73. The van der Waals surface area contributed by atoms with Crippen LogP contribution in [-0.4, -0.2) is 44.3 Å². The normalized spacial score (nSPS) is 19.1. The fraction of sp³-hybridized carbons (Fsp3) is 0.800. The molecule has 0 aromatic rings. The van der Waals surface area contributed by atoms with Crippen LogP contribution in [0.15, 0.2) is 11.6 Å². The molecular formula is C10H17F3N2. The smallest absolute Gasteiger partial charge is 0.320 e. The summed E-state index contributed by atoms with van der Waals surface area (Å²) in [6.45, 7) is 2.72. The number of rotatable bonds is 4. The van der Waals surface area contributed by atoms with E-state index in [0.29, 0.717) is 13.1 Å². The molecule has 1 aliphatic heterocycles. The highest BCUT2D eigenvalue weighted by Crippen LogP contribution is 2.29. The lowest BCUT2D eigenvalue weighted by Gasteiger charge is -2.26. The zero-order valence-corrected chi connectivity index (χ0v) is 8.90. The van der Waals surface area contributed by atoms with Gasteiger partial charge < -0.3 is 5.32 Å². The lowest BCUT2D eigenvalue weighted by Crippen LogP contribution is -2.33. The van der Waals surface area contributed by atoms with Crippen LogP contribution in [0.5, 0.6) is 0 Å². The highest BCUT2D eigenvalue weighted by molar-refractivity contribution is 5.12. The van der Waals surface area contributed by atoms with Gasteiger partial charge in [0.05, 0.1) is 0 Å². The zero-order chi connectivity index (χ0) is 11.3. The molecule has 0 radical (unpaired) electrons. The van der Waals surface area contributed by atoms with Crippen molar-refractivity contribution in [1.82, 2.24) is 10.2 Å². The van der Waals surface area contributed by atoms with Gasteiger partial charge in [-0.05, 0) is 33.0 Å². The van der Waals surface area contributed by atoms with Gasteiger partial charge in [-0.3, -0.25) is 4.90 Å². The molecular weight excluding hydrogens is 205 g/mol.